The molecule has 1 amide bonds. The van der Waals surface area contributed by atoms with Crippen molar-refractivity contribution in [2.45, 2.75) is 6.92 Å². The summed E-state index contributed by atoms with van der Waals surface area (Å²) in [5.41, 5.74) is -0.561. The molecule has 8 nitrogen and oxygen atoms in total. The molecule has 0 aromatic heterocycles. The van der Waals surface area contributed by atoms with Crippen molar-refractivity contribution >= 4 is 23.3 Å². The second kappa shape index (κ2) is 5.62. The number of amides is 1. The van der Waals surface area contributed by atoms with E-state index in [1.807, 2.05) is 5.32 Å². The van der Waals surface area contributed by atoms with E-state index < -0.39 is 22.5 Å². The van der Waals surface area contributed by atoms with Crippen LogP contribution in [0.4, 0.5) is 11.4 Å². The maximum absolute atomic E-state index is 11.3. The number of nitrogens with one attached hydrogen (secondary N) is 1. The zero-order valence-electron chi connectivity index (χ0n) is 9.37. The molecule has 0 aliphatic heterocycles. The second-order valence-corrected chi connectivity index (χ2v) is 3.13. The summed E-state index contributed by atoms with van der Waals surface area (Å²) in [5.74, 6) is -2.64. The highest BCUT2D eigenvalue weighted by Gasteiger charge is 2.18. The summed E-state index contributed by atoms with van der Waals surface area (Å²) in [7, 11) is 0. The Kier molecular flexibility index (Phi) is 4.19. The van der Waals surface area contributed by atoms with E-state index in [1.165, 1.54) is 6.92 Å². The van der Waals surface area contributed by atoms with Crippen LogP contribution >= 0.6 is 0 Å². The number of hydrogen-bond donors (Lipinski definition) is 2. The summed E-state index contributed by atoms with van der Waals surface area (Å²) in [6, 6.07) is 3.04. The number of aromatic hydroxyl groups is 1. The van der Waals surface area contributed by atoms with Crippen molar-refractivity contribution in [1.82, 2.24) is 0 Å². The van der Waals surface area contributed by atoms with E-state index in [0.717, 1.165) is 18.2 Å². The standard InChI is InChI=1S/C10H10N2O6/c1-2-18-10(15)9(14)11-7-5-6(12(16)17)3-4-8(7)13/h3-5,13H,2H2,1H3,(H,11,14). The van der Waals surface area contributed by atoms with Crippen molar-refractivity contribution in [2.24, 2.45) is 0 Å². The molecule has 0 aliphatic rings. The molecule has 0 bridgehead atoms. The average Bonchev–Trinajstić information content (AvgIpc) is 2.31. The van der Waals surface area contributed by atoms with E-state index in [-0.39, 0.29) is 18.0 Å². The molecule has 0 heterocycles. The van der Waals surface area contributed by atoms with E-state index in [9.17, 15) is 24.8 Å². The van der Waals surface area contributed by atoms with Gasteiger partial charge >= 0.3 is 11.9 Å². The van der Waals surface area contributed by atoms with Gasteiger partial charge in [0.15, 0.2) is 0 Å². The lowest BCUT2D eigenvalue weighted by Crippen LogP contribution is -2.25. The lowest BCUT2D eigenvalue weighted by Gasteiger charge is -2.06. The fourth-order valence-corrected chi connectivity index (χ4v) is 1.11. The molecule has 1 rings (SSSR count). The zero-order chi connectivity index (χ0) is 13.7. The molecule has 1 aromatic carbocycles. The molecule has 0 atom stereocenters. The molecule has 8 heteroatoms. The number of non-ortho nitro benzene ring substituents is 1. The summed E-state index contributed by atoms with van der Waals surface area (Å²) >= 11 is 0. The first-order chi connectivity index (χ1) is 8.45. The molecule has 0 aliphatic carbocycles. The quantitative estimate of drug-likeness (QED) is 0.271. The van der Waals surface area contributed by atoms with E-state index in [4.69, 9.17) is 0 Å². The fourth-order valence-electron chi connectivity index (χ4n) is 1.11. The predicted octanol–water partition coefficient (Wildman–Crippen LogP) is 0.802. The third-order valence-electron chi connectivity index (χ3n) is 1.90. The zero-order valence-corrected chi connectivity index (χ0v) is 9.37. The van der Waals surface area contributed by atoms with Gasteiger partial charge in [-0.15, -0.1) is 0 Å². The van der Waals surface area contributed by atoms with Crippen molar-refractivity contribution in [3.63, 3.8) is 0 Å². The van der Waals surface area contributed by atoms with Crippen LogP contribution in [0.3, 0.4) is 0 Å². The Morgan fingerprint density at radius 2 is 2.17 bits per heavy atom. The summed E-state index contributed by atoms with van der Waals surface area (Å²) in [6.45, 7) is 1.54. The molecule has 1 aromatic rings. The largest absolute Gasteiger partial charge is 0.506 e. The van der Waals surface area contributed by atoms with Crippen LogP contribution in [-0.2, 0) is 14.3 Å². The highest BCUT2D eigenvalue weighted by atomic mass is 16.6. The van der Waals surface area contributed by atoms with Crippen molar-refractivity contribution in [1.29, 1.82) is 0 Å². The highest BCUT2D eigenvalue weighted by molar-refractivity contribution is 6.37. The molecule has 0 saturated heterocycles. The van der Waals surface area contributed by atoms with Gasteiger partial charge in [0.1, 0.15) is 5.75 Å². The summed E-state index contributed by atoms with van der Waals surface area (Å²) in [5, 5.41) is 21.9. The Bertz CT molecular complexity index is 499. The van der Waals surface area contributed by atoms with Gasteiger partial charge < -0.3 is 15.2 Å². The number of ether oxygens (including phenoxy) is 1. The predicted molar refractivity (Wildman–Crippen MR) is 60.0 cm³/mol. The van der Waals surface area contributed by atoms with Crippen LogP contribution < -0.4 is 5.32 Å². The van der Waals surface area contributed by atoms with Gasteiger partial charge in [-0.3, -0.25) is 14.9 Å². The maximum Gasteiger partial charge on any atom is 0.397 e. The van der Waals surface area contributed by atoms with Crippen LogP contribution in [0.25, 0.3) is 0 Å². The Balaban J connectivity index is 2.90. The van der Waals surface area contributed by atoms with Gasteiger partial charge in [-0.05, 0) is 13.0 Å². The van der Waals surface area contributed by atoms with Gasteiger partial charge in [-0.2, -0.15) is 0 Å². The molecule has 0 spiro atoms. The van der Waals surface area contributed by atoms with Gasteiger partial charge in [0.2, 0.25) is 0 Å². The van der Waals surface area contributed by atoms with Crippen LogP contribution in [0.2, 0.25) is 0 Å². The second-order valence-electron chi connectivity index (χ2n) is 3.13. The first-order valence-electron chi connectivity index (χ1n) is 4.91. The SMILES string of the molecule is CCOC(=O)C(=O)Nc1cc([N+](=O)[O-])ccc1O. The van der Waals surface area contributed by atoms with Crippen molar-refractivity contribution < 1.29 is 24.4 Å². The topological polar surface area (TPSA) is 119 Å². The molecular formula is C10H10N2O6. The number of benzene rings is 1. The Labute approximate surface area is 101 Å². The minimum atomic E-state index is -1.14. The molecule has 0 radical (unpaired) electrons. The minimum absolute atomic E-state index is 0.0210. The van der Waals surface area contributed by atoms with E-state index in [0.29, 0.717) is 0 Å². The number of anilines is 1. The third kappa shape index (κ3) is 3.17. The van der Waals surface area contributed by atoms with E-state index in [2.05, 4.69) is 4.74 Å². The normalized spacial score (nSPS) is 9.61. The third-order valence-corrected chi connectivity index (χ3v) is 1.90. The highest BCUT2D eigenvalue weighted by Crippen LogP contribution is 2.27. The van der Waals surface area contributed by atoms with Crippen molar-refractivity contribution in [2.75, 3.05) is 11.9 Å². The van der Waals surface area contributed by atoms with E-state index in [1.54, 1.807) is 0 Å². The fraction of sp³-hybridized carbons (Fsp3) is 0.200. The maximum atomic E-state index is 11.3. The van der Waals surface area contributed by atoms with Crippen molar-refractivity contribution in [3.8, 4) is 5.75 Å². The minimum Gasteiger partial charge on any atom is -0.506 e. The van der Waals surface area contributed by atoms with Crippen LogP contribution in [0.15, 0.2) is 18.2 Å². The van der Waals surface area contributed by atoms with E-state index >= 15 is 0 Å². The van der Waals surface area contributed by atoms with Gasteiger partial charge in [-0.1, -0.05) is 0 Å². The number of phenols is 1. The lowest BCUT2D eigenvalue weighted by atomic mass is 10.2. The van der Waals surface area contributed by atoms with Crippen LogP contribution in [-0.4, -0.2) is 28.5 Å². The number of carbonyl (C=O) groups excluding carboxylic acids is 2. The molecule has 0 unspecified atom stereocenters. The molecule has 2 N–H and O–H groups in total. The van der Waals surface area contributed by atoms with Crippen LogP contribution in [0.1, 0.15) is 6.92 Å². The summed E-state index contributed by atoms with van der Waals surface area (Å²) in [4.78, 5) is 32.1. The molecule has 18 heavy (non-hydrogen) atoms. The molecule has 0 fully saturated rings. The summed E-state index contributed by atoms with van der Waals surface area (Å²) < 4.78 is 4.43. The first kappa shape index (κ1) is 13.4. The number of rotatable bonds is 3. The lowest BCUT2D eigenvalue weighted by molar-refractivity contribution is -0.384. The van der Waals surface area contributed by atoms with Gasteiger partial charge in [-0.25, -0.2) is 4.79 Å². The molecule has 0 saturated carbocycles. The Hall–Kier alpha value is -2.64. The van der Waals surface area contributed by atoms with Gasteiger partial charge in [0.05, 0.1) is 17.2 Å². The number of nitrogens with zero attached hydrogens (tertiary/aromatic N) is 1. The monoisotopic (exact) mass is 254 g/mol. The number of hydrogen-bond acceptors (Lipinski definition) is 6. The first-order valence-corrected chi connectivity index (χ1v) is 4.91. The smallest absolute Gasteiger partial charge is 0.397 e. The molecule has 96 valence electrons. The number of nitro groups is 1. The Morgan fingerprint density at radius 3 is 2.72 bits per heavy atom. The van der Waals surface area contributed by atoms with Crippen LogP contribution in [0, 0.1) is 10.1 Å². The number of phenolic OH excluding ortho intramolecular Hbond substituents is 1. The number of nitro benzene ring substituents is 1. The van der Waals surface area contributed by atoms with Crippen LogP contribution in [0.5, 0.6) is 5.75 Å². The molecular weight excluding hydrogens is 244 g/mol. The Morgan fingerprint density at radius 1 is 1.50 bits per heavy atom. The number of esters is 1. The van der Waals surface area contributed by atoms with Gasteiger partial charge in [0.25, 0.3) is 5.69 Å². The van der Waals surface area contributed by atoms with Crippen molar-refractivity contribution in [3.05, 3.63) is 28.3 Å². The summed E-state index contributed by atoms with van der Waals surface area (Å²) in [6.07, 6.45) is 0. The average molecular weight is 254 g/mol. The number of carbonyl (C=O) groups is 2. The van der Waals surface area contributed by atoms with Gasteiger partial charge in [0, 0.05) is 12.1 Å².